The van der Waals surface area contributed by atoms with Crippen LogP contribution < -0.4 is 15.4 Å². The fourth-order valence-electron chi connectivity index (χ4n) is 2.19. The Morgan fingerprint density at radius 3 is 2.62 bits per heavy atom. The number of carbonyl (C=O) groups is 1. The van der Waals surface area contributed by atoms with Gasteiger partial charge in [0.15, 0.2) is 0 Å². The standard InChI is InChI=1S/C20H24N2O2/c1-14(2)13-24-19-8-6-5-7-17(19)22-20(23)12-21-18-11-15(3)9-10-16(18)4/h5-11,21H,1,12-13H2,2-4H3,(H,22,23). The number of nitrogens with one attached hydrogen (secondary N) is 2. The molecule has 4 nitrogen and oxygen atoms in total. The SMILES string of the molecule is C=C(C)COc1ccccc1NC(=O)CNc1cc(C)ccc1C. The molecular weight excluding hydrogens is 300 g/mol. The molecular formula is C20H24N2O2. The number of carbonyl (C=O) groups excluding carboxylic acids is 1. The zero-order chi connectivity index (χ0) is 17.5. The summed E-state index contributed by atoms with van der Waals surface area (Å²) in [6.07, 6.45) is 0. The summed E-state index contributed by atoms with van der Waals surface area (Å²) in [7, 11) is 0. The van der Waals surface area contributed by atoms with Gasteiger partial charge in [0.2, 0.25) is 5.91 Å². The zero-order valence-electron chi connectivity index (χ0n) is 14.5. The second kappa shape index (κ2) is 8.20. The van der Waals surface area contributed by atoms with Crippen LogP contribution in [0.1, 0.15) is 18.1 Å². The van der Waals surface area contributed by atoms with Crippen molar-refractivity contribution in [2.45, 2.75) is 20.8 Å². The van der Waals surface area contributed by atoms with Gasteiger partial charge in [-0.1, -0.05) is 30.8 Å². The van der Waals surface area contributed by atoms with Gasteiger partial charge >= 0.3 is 0 Å². The predicted octanol–water partition coefficient (Wildman–Crippen LogP) is 4.31. The van der Waals surface area contributed by atoms with E-state index >= 15 is 0 Å². The molecule has 0 aliphatic rings. The molecule has 0 radical (unpaired) electrons. The fourth-order valence-corrected chi connectivity index (χ4v) is 2.19. The topological polar surface area (TPSA) is 50.4 Å². The fraction of sp³-hybridized carbons (Fsp3) is 0.250. The summed E-state index contributed by atoms with van der Waals surface area (Å²) in [5.41, 5.74) is 4.82. The van der Waals surface area contributed by atoms with E-state index in [1.165, 1.54) is 0 Å². The van der Waals surface area contributed by atoms with Gasteiger partial charge in [-0.2, -0.15) is 0 Å². The van der Waals surface area contributed by atoms with Crippen molar-refractivity contribution in [1.82, 2.24) is 0 Å². The highest BCUT2D eigenvalue weighted by atomic mass is 16.5. The maximum atomic E-state index is 12.2. The van der Waals surface area contributed by atoms with Gasteiger partial charge in [-0.15, -0.1) is 0 Å². The van der Waals surface area contributed by atoms with E-state index < -0.39 is 0 Å². The lowest BCUT2D eigenvalue weighted by atomic mass is 10.1. The highest BCUT2D eigenvalue weighted by Gasteiger charge is 2.08. The maximum Gasteiger partial charge on any atom is 0.243 e. The molecule has 0 spiro atoms. The van der Waals surface area contributed by atoms with Gasteiger partial charge in [0.25, 0.3) is 0 Å². The molecule has 1 amide bonds. The van der Waals surface area contributed by atoms with E-state index in [1.54, 1.807) is 0 Å². The van der Waals surface area contributed by atoms with Crippen molar-refractivity contribution in [3.8, 4) is 5.75 Å². The van der Waals surface area contributed by atoms with Crippen LogP contribution in [-0.4, -0.2) is 19.1 Å². The molecule has 0 saturated heterocycles. The molecule has 24 heavy (non-hydrogen) atoms. The van der Waals surface area contributed by atoms with Crippen molar-refractivity contribution in [3.05, 3.63) is 65.7 Å². The van der Waals surface area contributed by atoms with Gasteiger partial charge in [-0.3, -0.25) is 4.79 Å². The number of para-hydroxylation sites is 2. The third kappa shape index (κ3) is 5.16. The summed E-state index contributed by atoms with van der Waals surface area (Å²) in [5, 5.41) is 6.06. The van der Waals surface area contributed by atoms with Crippen LogP contribution in [0.15, 0.2) is 54.6 Å². The maximum absolute atomic E-state index is 12.2. The lowest BCUT2D eigenvalue weighted by Gasteiger charge is -2.14. The van der Waals surface area contributed by atoms with Crippen molar-refractivity contribution >= 4 is 17.3 Å². The lowest BCUT2D eigenvalue weighted by Crippen LogP contribution is -2.22. The monoisotopic (exact) mass is 324 g/mol. The molecule has 0 aliphatic heterocycles. The number of amides is 1. The van der Waals surface area contributed by atoms with Crippen molar-refractivity contribution < 1.29 is 9.53 Å². The average molecular weight is 324 g/mol. The number of anilines is 2. The Morgan fingerprint density at radius 1 is 1.12 bits per heavy atom. The van der Waals surface area contributed by atoms with Gasteiger partial charge in [0.05, 0.1) is 12.2 Å². The first-order chi connectivity index (χ1) is 11.5. The van der Waals surface area contributed by atoms with Gasteiger partial charge < -0.3 is 15.4 Å². The first kappa shape index (κ1) is 17.6. The lowest BCUT2D eigenvalue weighted by molar-refractivity contribution is -0.114. The molecule has 126 valence electrons. The third-order valence-corrected chi connectivity index (χ3v) is 3.47. The number of ether oxygens (including phenoxy) is 1. The van der Waals surface area contributed by atoms with Crippen LogP contribution in [-0.2, 0) is 4.79 Å². The minimum Gasteiger partial charge on any atom is -0.487 e. The summed E-state index contributed by atoms with van der Waals surface area (Å²) in [6.45, 7) is 10.4. The molecule has 2 aromatic rings. The number of aryl methyl sites for hydroxylation is 2. The molecule has 0 bridgehead atoms. The largest absolute Gasteiger partial charge is 0.487 e. The van der Waals surface area contributed by atoms with Gasteiger partial charge in [-0.25, -0.2) is 0 Å². The molecule has 0 unspecified atom stereocenters. The van der Waals surface area contributed by atoms with E-state index in [0.29, 0.717) is 18.0 Å². The van der Waals surface area contributed by atoms with Crippen LogP contribution >= 0.6 is 0 Å². The van der Waals surface area contributed by atoms with Crippen LogP contribution in [0.4, 0.5) is 11.4 Å². The number of hydrogen-bond acceptors (Lipinski definition) is 3. The van der Waals surface area contributed by atoms with E-state index in [2.05, 4.69) is 23.3 Å². The normalized spacial score (nSPS) is 10.1. The second-order valence-corrected chi connectivity index (χ2v) is 5.96. The van der Waals surface area contributed by atoms with Gasteiger partial charge in [0.1, 0.15) is 12.4 Å². The Kier molecular flexibility index (Phi) is 6.01. The molecule has 0 aromatic heterocycles. The van der Waals surface area contributed by atoms with E-state index in [9.17, 15) is 4.79 Å². The van der Waals surface area contributed by atoms with Crippen molar-refractivity contribution in [3.63, 3.8) is 0 Å². The van der Waals surface area contributed by atoms with E-state index in [-0.39, 0.29) is 12.5 Å². The number of benzene rings is 2. The van der Waals surface area contributed by atoms with Crippen LogP contribution in [0, 0.1) is 13.8 Å². The highest BCUT2D eigenvalue weighted by Crippen LogP contribution is 2.24. The molecule has 2 aromatic carbocycles. The minimum absolute atomic E-state index is 0.123. The molecule has 0 aliphatic carbocycles. The Hall–Kier alpha value is -2.75. The van der Waals surface area contributed by atoms with E-state index in [4.69, 9.17) is 4.74 Å². The molecule has 0 heterocycles. The summed E-state index contributed by atoms with van der Waals surface area (Å²) in [6, 6.07) is 13.5. The van der Waals surface area contributed by atoms with Crippen molar-refractivity contribution in [1.29, 1.82) is 0 Å². The Bertz CT molecular complexity index is 738. The Morgan fingerprint density at radius 2 is 1.88 bits per heavy atom. The van der Waals surface area contributed by atoms with Crippen molar-refractivity contribution in [2.24, 2.45) is 0 Å². The first-order valence-electron chi connectivity index (χ1n) is 7.93. The molecule has 0 fully saturated rings. The molecule has 0 saturated carbocycles. The second-order valence-electron chi connectivity index (χ2n) is 5.96. The van der Waals surface area contributed by atoms with E-state index in [1.807, 2.05) is 57.2 Å². The summed E-state index contributed by atoms with van der Waals surface area (Å²) in [4.78, 5) is 12.2. The third-order valence-electron chi connectivity index (χ3n) is 3.47. The molecule has 2 N–H and O–H groups in total. The van der Waals surface area contributed by atoms with Crippen LogP contribution in [0.2, 0.25) is 0 Å². The average Bonchev–Trinajstić information content (AvgIpc) is 2.55. The summed E-state index contributed by atoms with van der Waals surface area (Å²) < 4.78 is 5.66. The van der Waals surface area contributed by atoms with Crippen LogP contribution in [0.25, 0.3) is 0 Å². The van der Waals surface area contributed by atoms with Crippen LogP contribution in [0.5, 0.6) is 5.75 Å². The highest BCUT2D eigenvalue weighted by molar-refractivity contribution is 5.95. The smallest absolute Gasteiger partial charge is 0.243 e. The summed E-state index contributed by atoms with van der Waals surface area (Å²) in [5.74, 6) is 0.517. The number of rotatable bonds is 7. The quantitative estimate of drug-likeness (QED) is 0.746. The van der Waals surface area contributed by atoms with Gasteiger partial charge in [0, 0.05) is 5.69 Å². The van der Waals surface area contributed by atoms with Gasteiger partial charge in [-0.05, 0) is 55.7 Å². The number of hydrogen-bond donors (Lipinski definition) is 2. The minimum atomic E-state index is -0.123. The molecule has 4 heteroatoms. The molecule has 2 rings (SSSR count). The van der Waals surface area contributed by atoms with E-state index in [0.717, 1.165) is 22.4 Å². The van der Waals surface area contributed by atoms with Crippen molar-refractivity contribution in [2.75, 3.05) is 23.8 Å². The Labute approximate surface area is 143 Å². The zero-order valence-corrected chi connectivity index (χ0v) is 14.5. The molecule has 0 atom stereocenters. The predicted molar refractivity (Wildman–Crippen MR) is 99.8 cm³/mol. The summed E-state index contributed by atoms with van der Waals surface area (Å²) >= 11 is 0. The Balaban J connectivity index is 1.97. The first-order valence-corrected chi connectivity index (χ1v) is 7.93. The van der Waals surface area contributed by atoms with Crippen LogP contribution in [0.3, 0.4) is 0 Å².